The van der Waals surface area contributed by atoms with E-state index in [-0.39, 0.29) is 0 Å². The fraction of sp³-hybridized carbons (Fsp3) is 0.250. The molecule has 6 nitrogen and oxygen atoms in total. The Labute approximate surface area is 162 Å². The van der Waals surface area contributed by atoms with Crippen LogP contribution < -0.4 is 0 Å². The third-order valence-electron chi connectivity index (χ3n) is 5.10. The van der Waals surface area contributed by atoms with Crippen molar-refractivity contribution in [3.05, 3.63) is 70.9 Å². The molecule has 0 bridgehead atoms. The van der Waals surface area contributed by atoms with Gasteiger partial charge in [-0.1, -0.05) is 29.8 Å². The van der Waals surface area contributed by atoms with E-state index in [0.717, 1.165) is 59.6 Å². The zero-order valence-corrected chi connectivity index (χ0v) is 15.8. The lowest BCUT2D eigenvalue weighted by Gasteiger charge is -2.25. The molecule has 3 aromatic heterocycles. The van der Waals surface area contributed by atoms with Gasteiger partial charge < -0.3 is 4.57 Å². The maximum atomic E-state index is 6.39. The zero-order chi connectivity index (χ0) is 18.4. The SMILES string of the molecule is Cn1c(-c2ccccc2Cl)nc2c1CN(Cc1nc3ccccn3n1)CC2. The van der Waals surface area contributed by atoms with Gasteiger partial charge in [-0.15, -0.1) is 5.10 Å². The zero-order valence-electron chi connectivity index (χ0n) is 15.0. The van der Waals surface area contributed by atoms with E-state index < -0.39 is 0 Å². The summed E-state index contributed by atoms with van der Waals surface area (Å²) in [5.41, 5.74) is 4.25. The minimum atomic E-state index is 0.730. The van der Waals surface area contributed by atoms with E-state index >= 15 is 0 Å². The van der Waals surface area contributed by atoms with Crippen molar-refractivity contribution in [1.82, 2.24) is 29.0 Å². The first kappa shape index (κ1) is 16.5. The minimum absolute atomic E-state index is 0.730. The number of nitrogens with zero attached hydrogens (tertiary/aromatic N) is 6. The quantitative estimate of drug-likeness (QED) is 0.548. The van der Waals surface area contributed by atoms with Crippen LogP contribution in [0.5, 0.6) is 0 Å². The standard InChI is InChI=1S/C20H19ClN6/c1-25-17-12-26(13-18-23-19-8-4-5-10-27(19)24-18)11-9-16(17)22-20(25)14-6-2-3-7-15(14)21/h2-8,10H,9,11-13H2,1H3. The monoisotopic (exact) mass is 378 g/mol. The van der Waals surface area contributed by atoms with Gasteiger partial charge in [-0.25, -0.2) is 14.5 Å². The number of fused-ring (bicyclic) bond motifs is 2. The topological polar surface area (TPSA) is 51.2 Å². The Balaban J connectivity index is 1.42. The number of hydrogen-bond donors (Lipinski definition) is 0. The van der Waals surface area contributed by atoms with Crippen molar-refractivity contribution in [3.8, 4) is 11.4 Å². The van der Waals surface area contributed by atoms with E-state index in [4.69, 9.17) is 16.6 Å². The van der Waals surface area contributed by atoms with Gasteiger partial charge in [0.15, 0.2) is 11.5 Å². The lowest BCUT2D eigenvalue weighted by molar-refractivity contribution is 0.232. The Morgan fingerprint density at radius 2 is 1.93 bits per heavy atom. The van der Waals surface area contributed by atoms with Crippen LogP contribution in [0.25, 0.3) is 17.0 Å². The summed E-state index contributed by atoms with van der Waals surface area (Å²) in [6.45, 7) is 2.51. The molecule has 136 valence electrons. The molecule has 0 fully saturated rings. The molecule has 1 aliphatic heterocycles. The first-order valence-corrected chi connectivity index (χ1v) is 9.39. The molecular formula is C20H19ClN6. The summed E-state index contributed by atoms with van der Waals surface area (Å²) < 4.78 is 3.99. The van der Waals surface area contributed by atoms with E-state index in [9.17, 15) is 0 Å². The van der Waals surface area contributed by atoms with Crippen molar-refractivity contribution in [2.45, 2.75) is 19.5 Å². The summed E-state index contributed by atoms with van der Waals surface area (Å²) >= 11 is 6.39. The molecule has 27 heavy (non-hydrogen) atoms. The first-order valence-electron chi connectivity index (χ1n) is 9.01. The Morgan fingerprint density at radius 1 is 1.07 bits per heavy atom. The molecule has 0 spiro atoms. The second kappa shape index (κ2) is 6.48. The Bertz CT molecular complexity index is 1100. The molecule has 0 radical (unpaired) electrons. The van der Waals surface area contributed by atoms with Crippen LogP contribution in [0.4, 0.5) is 0 Å². The number of aromatic nitrogens is 5. The van der Waals surface area contributed by atoms with Crippen LogP contribution in [0.3, 0.4) is 0 Å². The average molecular weight is 379 g/mol. The summed E-state index contributed by atoms with van der Waals surface area (Å²) in [5.74, 6) is 1.77. The molecule has 0 N–H and O–H groups in total. The van der Waals surface area contributed by atoms with Gasteiger partial charge in [-0.05, 0) is 24.3 Å². The average Bonchev–Trinajstić information content (AvgIpc) is 3.23. The smallest absolute Gasteiger partial charge is 0.165 e. The molecule has 1 aromatic carbocycles. The van der Waals surface area contributed by atoms with Crippen LogP contribution in [0, 0.1) is 0 Å². The summed E-state index contributed by atoms with van der Waals surface area (Å²) in [5, 5.41) is 5.30. The highest BCUT2D eigenvalue weighted by molar-refractivity contribution is 6.33. The number of benzene rings is 1. The molecule has 0 atom stereocenters. The van der Waals surface area contributed by atoms with Crippen molar-refractivity contribution in [2.24, 2.45) is 7.05 Å². The summed E-state index contributed by atoms with van der Waals surface area (Å²) in [7, 11) is 2.07. The molecular weight excluding hydrogens is 360 g/mol. The highest BCUT2D eigenvalue weighted by Gasteiger charge is 2.24. The predicted molar refractivity (Wildman–Crippen MR) is 104 cm³/mol. The molecule has 0 aliphatic carbocycles. The van der Waals surface area contributed by atoms with Gasteiger partial charge in [0.05, 0.1) is 23.0 Å². The molecule has 0 amide bonds. The Morgan fingerprint density at radius 3 is 2.78 bits per heavy atom. The number of halogens is 1. The molecule has 0 saturated heterocycles. The van der Waals surface area contributed by atoms with Gasteiger partial charge in [0.1, 0.15) is 5.82 Å². The fourth-order valence-electron chi connectivity index (χ4n) is 3.70. The van der Waals surface area contributed by atoms with E-state index in [0.29, 0.717) is 0 Å². The molecule has 4 heterocycles. The van der Waals surface area contributed by atoms with Gasteiger partial charge in [0, 0.05) is 38.3 Å². The number of imidazole rings is 1. The van der Waals surface area contributed by atoms with Gasteiger partial charge in [-0.2, -0.15) is 0 Å². The Hall–Kier alpha value is -2.70. The molecule has 7 heteroatoms. The predicted octanol–water partition coefficient (Wildman–Crippen LogP) is 3.34. The van der Waals surface area contributed by atoms with Gasteiger partial charge in [-0.3, -0.25) is 4.90 Å². The van der Waals surface area contributed by atoms with E-state index in [1.54, 1.807) is 0 Å². The van der Waals surface area contributed by atoms with E-state index in [1.807, 2.05) is 53.2 Å². The fourth-order valence-corrected chi connectivity index (χ4v) is 3.92. The van der Waals surface area contributed by atoms with Crippen LogP contribution in [0.15, 0.2) is 48.7 Å². The third-order valence-corrected chi connectivity index (χ3v) is 5.43. The second-order valence-corrected chi connectivity index (χ2v) is 7.27. The molecule has 0 unspecified atom stereocenters. The van der Waals surface area contributed by atoms with Crippen molar-refractivity contribution >= 4 is 17.2 Å². The van der Waals surface area contributed by atoms with Crippen LogP contribution in [0.1, 0.15) is 17.2 Å². The molecule has 4 aromatic rings. The third kappa shape index (κ3) is 2.91. The number of pyridine rings is 1. The van der Waals surface area contributed by atoms with Crippen molar-refractivity contribution in [1.29, 1.82) is 0 Å². The van der Waals surface area contributed by atoms with Gasteiger partial charge >= 0.3 is 0 Å². The summed E-state index contributed by atoms with van der Waals surface area (Å²) in [4.78, 5) is 11.9. The van der Waals surface area contributed by atoms with Crippen molar-refractivity contribution in [2.75, 3.05) is 6.54 Å². The van der Waals surface area contributed by atoms with Gasteiger partial charge in [0.2, 0.25) is 0 Å². The van der Waals surface area contributed by atoms with Crippen LogP contribution in [-0.2, 0) is 26.6 Å². The van der Waals surface area contributed by atoms with Crippen molar-refractivity contribution in [3.63, 3.8) is 0 Å². The largest absolute Gasteiger partial charge is 0.330 e. The second-order valence-electron chi connectivity index (χ2n) is 6.86. The maximum absolute atomic E-state index is 6.39. The minimum Gasteiger partial charge on any atom is -0.330 e. The number of hydrogen-bond acceptors (Lipinski definition) is 4. The lowest BCUT2D eigenvalue weighted by Crippen LogP contribution is -2.31. The lowest BCUT2D eigenvalue weighted by atomic mass is 10.1. The summed E-state index contributed by atoms with van der Waals surface area (Å²) in [6, 6.07) is 13.8. The van der Waals surface area contributed by atoms with Crippen LogP contribution in [0.2, 0.25) is 5.02 Å². The molecule has 1 aliphatic rings. The summed E-state index contributed by atoms with van der Waals surface area (Å²) in [6.07, 6.45) is 2.85. The highest BCUT2D eigenvalue weighted by Crippen LogP contribution is 2.30. The van der Waals surface area contributed by atoms with Crippen LogP contribution >= 0.6 is 11.6 Å². The van der Waals surface area contributed by atoms with Gasteiger partial charge in [0.25, 0.3) is 0 Å². The first-order chi connectivity index (χ1) is 13.2. The highest BCUT2D eigenvalue weighted by atomic mass is 35.5. The normalized spacial score (nSPS) is 14.6. The van der Waals surface area contributed by atoms with E-state index in [2.05, 4.69) is 26.6 Å². The van der Waals surface area contributed by atoms with Crippen molar-refractivity contribution < 1.29 is 0 Å². The number of rotatable bonds is 3. The van der Waals surface area contributed by atoms with Crippen LogP contribution in [-0.4, -0.2) is 35.6 Å². The molecule has 0 saturated carbocycles. The Kier molecular flexibility index (Phi) is 3.95. The maximum Gasteiger partial charge on any atom is 0.165 e. The van der Waals surface area contributed by atoms with E-state index in [1.165, 1.54) is 5.69 Å². The molecule has 5 rings (SSSR count).